The van der Waals surface area contributed by atoms with E-state index in [4.69, 9.17) is 4.74 Å². The van der Waals surface area contributed by atoms with E-state index < -0.39 is 0 Å². The van der Waals surface area contributed by atoms with E-state index in [9.17, 15) is 0 Å². The summed E-state index contributed by atoms with van der Waals surface area (Å²) < 4.78 is 5.56. The summed E-state index contributed by atoms with van der Waals surface area (Å²) in [5.74, 6) is 0.832. The van der Waals surface area contributed by atoms with Gasteiger partial charge in [0.2, 0.25) is 0 Å². The van der Waals surface area contributed by atoms with E-state index in [-0.39, 0.29) is 0 Å². The third-order valence-electron chi connectivity index (χ3n) is 2.42. The molecular weight excluding hydrogens is 186 g/mol. The molecule has 0 atom stereocenters. The van der Waals surface area contributed by atoms with Gasteiger partial charge in [-0.3, -0.25) is 4.99 Å². The lowest BCUT2D eigenvalue weighted by molar-refractivity contribution is 0.490. The number of hydrogen-bond donors (Lipinski definition) is 0. The molecule has 0 aliphatic carbocycles. The second kappa shape index (κ2) is 3.24. The van der Waals surface area contributed by atoms with Gasteiger partial charge >= 0.3 is 0 Å². The first-order valence-electron chi connectivity index (χ1n) is 4.83. The standard InChI is InChI=1S/C13H9NO/c1-2-5-11-10(4-1)6-7-12-13(11)15-9-3-8-14-12/h1-9H. The van der Waals surface area contributed by atoms with Gasteiger partial charge in [0, 0.05) is 11.6 Å². The number of nitrogens with zero attached hydrogens (tertiary/aromatic N) is 1. The van der Waals surface area contributed by atoms with E-state index in [0.717, 1.165) is 16.8 Å². The molecule has 0 radical (unpaired) electrons. The summed E-state index contributed by atoms with van der Waals surface area (Å²) in [6.45, 7) is 0. The van der Waals surface area contributed by atoms with E-state index in [2.05, 4.69) is 17.1 Å². The fourth-order valence-corrected chi connectivity index (χ4v) is 1.72. The lowest BCUT2D eigenvalue weighted by Crippen LogP contribution is -1.83. The summed E-state index contributed by atoms with van der Waals surface area (Å²) in [4.78, 5) is 4.30. The molecule has 1 aliphatic heterocycles. The van der Waals surface area contributed by atoms with Crippen LogP contribution in [-0.4, -0.2) is 6.21 Å². The molecule has 0 unspecified atom stereocenters. The maximum atomic E-state index is 5.56. The molecule has 1 aliphatic rings. The number of allylic oxidation sites excluding steroid dienone is 1. The lowest BCUT2D eigenvalue weighted by Gasteiger charge is -2.07. The Kier molecular flexibility index (Phi) is 1.78. The second-order valence-electron chi connectivity index (χ2n) is 3.36. The van der Waals surface area contributed by atoms with Crippen LogP contribution in [0.3, 0.4) is 0 Å². The molecule has 15 heavy (non-hydrogen) atoms. The Morgan fingerprint density at radius 1 is 1.00 bits per heavy atom. The van der Waals surface area contributed by atoms with Gasteiger partial charge in [0.1, 0.15) is 5.69 Å². The van der Waals surface area contributed by atoms with Crippen molar-refractivity contribution in [3.63, 3.8) is 0 Å². The molecule has 0 spiro atoms. The molecule has 0 saturated heterocycles. The quantitative estimate of drug-likeness (QED) is 0.631. The topological polar surface area (TPSA) is 21.6 Å². The monoisotopic (exact) mass is 195 g/mol. The van der Waals surface area contributed by atoms with Crippen LogP contribution in [0.2, 0.25) is 0 Å². The number of ether oxygens (including phenoxy) is 1. The second-order valence-corrected chi connectivity index (χ2v) is 3.36. The fraction of sp³-hybridized carbons (Fsp3) is 0. The molecular formula is C13H9NO. The van der Waals surface area contributed by atoms with Gasteiger partial charge in [-0.05, 0) is 17.5 Å². The van der Waals surface area contributed by atoms with Crippen molar-refractivity contribution in [3.05, 3.63) is 48.7 Å². The van der Waals surface area contributed by atoms with E-state index in [0.29, 0.717) is 0 Å². The minimum Gasteiger partial charge on any atom is -0.462 e. The van der Waals surface area contributed by atoms with Crippen LogP contribution in [0.1, 0.15) is 0 Å². The first kappa shape index (κ1) is 8.24. The van der Waals surface area contributed by atoms with Gasteiger partial charge < -0.3 is 4.74 Å². The highest BCUT2D eigenvalue weighted by atomic mass is 16.5. The third-order valence-corrected chi connectivity index (χ3v) is 2.42. The maximum Gasteiger partial charge on any atom is 0.159 e. The first-order valence-corrected chi connectivity index (χ1v) is 4.83. The van der Waals surface area contributed by atoms with Gasteiger partial charge in [-0.2, -0.15) is 0 Å². The first-order chi connectivity index (χ1) is 7.45. The number of fused-ring (bicyclic) bond motifs is 3. The Bertz CT molecular complexity index is 570. The molecule has 3 rings (SSSR count). The average Bonchev–Trinajstić information content (AvgIpc) is 2.54. The lowest BCUT2D eigenvalue weighted by atomic mass is 10.1. The van der Waals surface area contributed by atoms with Crippen molar-refractivity contribution in [2.75, 3.05) is 0 Å². The van der Waals surface area contributed by atoms with Crippen molar-refractivity contribution in [2.45, 2.75) is 0 Å². The number of aliphatic imine (C=N–C) groups is 1. The summed E-state index contributed by atoms with van der Waals surface area (Å²) in [5, 5.41) is 2.26. The third kappa shape index (κ3) is 1.31. The molecule has 0 N–H and O–H groups in total. The van der Waals surface area contributed by atoms with E-state index in [1.807, 2.05) is 24.3 Å². The van der Waals surface area contributed by atoms with Gasteiger partial charge in [0.15, 0.2) is 5.75 Å². The predicted molar refractivity (Wildman–Crippen MR) is 61.9 cm³/mol. The zero-order valence-corrected chi connectivity index (χ0v) is 8.05. The van der Waals surface area contributed by atoms with Gasteiger partial charge in [-0.25, -0.2) is 0 Å². The largest absolute Gasteiger partial charge is 0.462 e. The Morgan fingerprint density at radius 2 is 1.93 bits per heavy atom. The molecule has 2 aromatic carbocycles. The number of benzene rings is 2. The predicted octanol–water partition coefficient (Wildman–Crippen LogP) is 3.45. The molecule has 0 amide bonds. The average molecular weight is 195 g/mol. The van der Waals surface area contributed by atoms with Crippen LogP contribution in [0.15, 0.2) is 53.7 Å². The zero-order chi connectivity index (χ0) is 10.1. The molecule has 0 bridgehead atoms. The molecule has 72 valence electrons. The molecule has 0 fully saturated rings. The van der Waals surface area contributed by atoms with Crippen molar-refractivity contribution in [1.29, 1.82) is 0 Å². The van der Waals surface area contributed by atoms with Crippen LogP contribution in [-0.2, 0) is 0 Å². The summed E-state index contributed by atoms with van der Waals surface area (Å²) in [6.07, 6.45) is 5.18. The van der Waals surface area contributed by atoms with Crippen LogP contribution in [0.4, 0.5) is 5.69 Å². The molecule has 1 heterocycles. The van der Waals surface area contributed by atoms with E-state index in [1.165, 1.54) is 5.39 Å². The van der Waals surface area contributed by atoms with Crippen LogP contribution in [0.5, 0.6) is 5.75 Å². The zero-order valence-electron chi connectivity index (χ0n) is 8.05. The van der Waals surface area contributed by atoms with Gasteiger partial charge in [-0.1, -0.05) is 30.3 Å². The van der Waals surface area contributed by atoms with Crippen LogP contribution < -0.4 is 4.74 Å². The number of hydrogen-bond acceptors (Lipinski definition) is 2. The summed E-state index contributed by atoms with van der Waals surface area (Å²) in [6, 6.07) is 12.2. The SMILES string of the molecule is C1=COc2c(ccc3ccccc23)N=C1. The van der Waals surface area contributed by atoms with Crippen molar-refractivity contribution in [2.24, 2.45) is 4.99 Å². The molecule has 0 saturated carbocycles. The van der Waals surface area contributed by atoms with E-state index >= 15 is 0 Å². The van der Waals surface area contributed by atoms with Crippen molar-refractivity contribution in [1.82, 2.24) is 0 Å². The van der Waals surface area contributed by atoms with Crippen LogP contribution in [0, 0.1) is 0 Å². The maximum absolute atomic E-state index is 5.56. The summed E-state index contributed by atoms with van der Waals surface area (Å²) in [5.41, 5.74) is 0.874. The van der Waals surface area contributed by atoms with Gasteiger partial charge in [-0.15, -0.1) is 0 Å². The van der Waals surface area contributed by atoms with Crippen molar-refractivity contribution >= 4 is 22.7 Å². The smallest absolute Gasteiger partial charge is 0.159 e. The Labute approximate surface area is 87.5 Å². The Morgan fingerprint density at radius 3 is 2.93 bits per heavy atom. The summed E-state index contributed by atoms with van der Waals surface area (Å²) in [7, 11) is 0. The molecule has 0 aromatic heterocycles. The Hall–Kier alpha value is -2.09. The summed E-state index contributed by atoms with van der Waals surface area (Å²) >= 11 is 0. The number of rotatable bonds is 0. The van der Waals surface area contributed by atoms with Gasteiger partial charge in [0.25, 0.3) is 0 Å². The van der Waals surface area contributed by atoms with Gasteiger partial charge in [0.05, 0.1) is 6.26 Å². The molecule has 2 nitrogen and oxygen atoms in total. The minimum absolute atomic E-state index is 0.832. The minimum atomic E-state index is 0.832. The fourth-order valence-electron chi connectivity index (χ4n) is 1.72. The highest BCUT2D eigenvalue weighted by Gasteiger charge is 2.07. The van der Waals surface area contributed by atoms with E-state index in [1.54, 1.807) is 18.6 Å². The molecule has 2 aromatic rings. The van der Waals surface area contributed by atoms with Crippen molar-refractivity contribution in [3.8, 4) is 5.75 Å². The van der Waals surface area contributed by atoms with Crippen molar-refractivity contribution < 1.29 is 4.74 Å². The molecule has 2 heteroatoms. The van der Waals surface area contributed by atoms with Crippen LogP contribution in [0.25, 0.3) is 10.8 Å². The Balaban J connectivity index is 2.38. The normalized spacial score (nSPS) is 13.3. The highest BCUT2D eigenvalue weighted by Crippen LogP contribution is 2.36. The highest BCUT2D eigenvalue weighted by molar-refractivity contribution is 5.94. The van der Waals surface area contributed by atoms with Crippen LogP contribution >= 0.6 is 0 Å².